The molecule has 2 atom stereocenters. The highest BCUT2D eigenvalue weighted by atomic mass is 32.2. The summed E-state index contributed by atoms with van der Waals surface area (Å²) in [6.07, 6.45) is 2.46. The minimum Gasteiger partial charge on any atom is -0.481 e. The molecule has 1 aromatic heterocycles. The SMILES string of the molecule is CC(C)c1nc2c(c(-c3ccc(F)cc3)c1C=C[C@@H](O)C[C@@H](O)CC(=O)O)CCCN2S(C)(=O)=O. The maximum Gasteiger partial charge on any atom is 0.305 e. The molecule has 0 saturated heterocycles. The molecule has 0 fully saturated rings. The molecule has 2 aromatic rings. The first-order valence-corrected chi connectivity index (χ1v) is 13.3. The van der Waals surface area contributed by atoms with Gasteiger partial charge in [-0.2, -0.15) is 0 Å². The van der Waals surface area contributed by atoms with E-state index in [0.29, 0.717) is 47.6 Å². The van der Waals surface area contributed by atoms with Crippen LogP contribution in [0, 0.1) is 5.82 Å². The monoisotopic (exact) mass is 506 g/mol. The highest BCUT2D eigenvalue weighted by Gasteiger charge is 2.31. The van der Waals surface area contributed by atoms with Gasteiger partial charge in [-0.3, -0.25) is 9.10 Å². The summed E-state index contributed by atoms with van der Waals surface area (Å²) in [4.78, 5) is 15.6. The molecule has 0 unspecified atom stereocenters. The van der Waals surface area contributed by atoms with Crippen molar-refractivity contribution in [3.63, 3.8) is 0 Å². The van der Waals surface area contributed by atoms with Crippen LogP contribution in [0.1, 0.15) is 55.8 Å². The van der Waals surface area contributed by atoms with Gasteiger partial charge in [-0.1, -0.05) is 38.1 Å². The first-order chi connectivity index (χ1) is 16.4. The van der Waals surface area contributed by atoms with Gasteiger partial charge in [0.2, 0.25) is 10.0 Å². The number of sulfonamides is 1. The van der Waals surface area contributed by atoms with Gasteiger partial charge in [-0.05, 0) is 42.0 Å². The Morgan fingerprint density at radius 1 is 1.23 bits per heavy atom. The smallest absolute Gasteiger partial charge is 0.305 e. The Kier molecular flexibility index (Phi) is 8.30. The molecular weight excluding hydrogens is 475 g/mol. The van der Waals surface area contributed by atoms with Gasteiger partial charge >= 0.3 is 5.97 Å². The van der Waals surface area contributed by atoms with E-state index in [1.54, 1.807) is 18.2 Å². The number of benzene rings is 1. The summed E-state index contributed by atoms with van der Waals surface area (Å²) < 4.78 is 40.1. The van der Waals surface area contributed by atoms with E-state index in [1.807, 2.05) is 13.8 Å². The molecule has 3 N–H and O–H groups in total. The Morgan fingerprint density at radius 2 is 1.89 bits per heavy atom. The Bertz CT molecular complexity index is 1210. The van der Waals surface area contributed by atoms with Crippen molar-refractivity contribution in [1.29, 1.82) is 0 Å². The molecule has 1 aliphatic rings. The zero-order valence-electron chi connectivity index (χ0n) is 20.0. The maximum atomic E-state index is 13.7. The van der Waals surface area contributed by atoms with Crippen LogP contribution in [0.15, 0.2) is 30.3 Å². The summed E-state index contributed by atoms with van der Waals surface area (Å²) in [5.74, 6) is -1.32. The number of aliphatic hydroxyl groups is 2. The van der Waals surface area contributed by atoms with E-state index in [1.165, 1.54) is 22.5 Å². The van der Waals surface area contributed by atoms with Gasteiger partial charge in [0.1, 0.15) is 11.6 Å². The quantitative estimate of drug-likeness (QED) is 0.476. The molecule has 3 rings (SSSR count). The Balaban J connectivity index is 2.20. The number of pyridine rings is 1. The van der Waals surface area contributed by atoms with Crippen molar-refractivity contribution in [2.45, 2.75) is 57.7 Å². The number of fused-ring (bicyclic) bond motifs is 1. The van der Waals surface area contributed by atoms with Crippen molar-refractivity contribution in [2.24, 2.45) is 0 Å². The number of hydrogen-bond acceptors (Lipinski definition) is 6. The van der Waals surface area contributed by atoms with Crippen molar-refractivity contribution in [2.75, 3.05) is 17.1 Å². The molecule has 0 spiro atoms. The van der Waals surface area contributed by atoms with Gasteiger partial charge < -0.3 is 15.3 Å². The van der Waals surface area contributed by atoms with Crippen molar-refractivity contribution < 1.29 is 32.9 Å². The van der Waals surface area contributed by atoms with Crippen molar-refractivity contribution in [1.82, 2.24) is 4.98 Å². The maximum absolute atomic E-state index is 13.7. The van der Waals surface area contributed by atoms with Crippen molar-refractivity contribution >= 4 is 27.9 Å². The standard InChI is InChI=1S/C25H31FN2O6S/c1-15(2)24-20(11-10-18(29)13-19(30)14-22(31)32)23(16-6-8-17(26)9-7-16)21-5-4-12-28(25(21)27-24)35(3,33)34/h6-11,15,18-19,29-30H,4-5,12-14H2,1-3H3,(H,31,32)/t18-,19-/m1/s1. The predicted molar refractivity (Wildman–Crippen MR) is 132 cm³/mol. The fourth-order valence-corrected chi connectivity index (χ4v) is 5.25. The van der Waals surface area contributed by atoms with Crippen LogP contribution < -0.4 is 4.31 Å². The van der Waals surface area contributed by atoms with Gasteiger partial charge in [0.25, 0.3) is 0 Å². The first-order valence-electron chi connectivity index (χ1n) is 11.4. The molecule has 1 aromatic carbocycles. The molecule has 8 nitrogen and oxygen atoms in total. The number of carboxylic acid groups (broad SMARTS) is 1. The largest absolute Gasteiger partial charge is 0.481 e. The molecule has 0 radical (unpaired) electrons. The van der Waals surface area contributed by atoms with Gasteiger partial charge in [0.05, 0.1) is 30.6 Å². The number of aliphatic carboxylic acids is 1. The van der Waals surface area contributed by atoms with Crippen LogP contribution in [0.25, 0.3) is 17.2 Å². The molecule has 0 amide bonds. The van der Waals surface area contributed by atoms with Crippen molar-refractivity contribution in [3.8, 4) is 11.1 Å². The zero-order chi connectivity index (χ0) is 25.9. The van der Waals surface area contributed by atoms with E-state index < -0.39 is 40.4 Å². The molecule has 2 heterocycles. The minimum absolute atomic E-state index is 0.114. The highest BCUT2D eigenvalue weighted by Crippen LogP contribution is 2.41. The van der Waals surface area contributed by atoms with Crippen LogP contribution in [0.3, 0.4) is 0 Å². The lowest BCUT2D eigenvalue weighted by atomic mass is 9.87. The molecule has 0 bridgehead atoms. The lowest BCUT2D eigenvalue weighted by Crippen LogP contribution is -2.36. The predicted octanol–water partition coefficient (Wildman–Crippen LogP) is 3.32. The van der Waals surface area contributed by atoms with E-state index in [-0.39, 0.29) is 12.3 Å². The summed E-state index contributed by atoms with van der Waals surface area (Å²) in [5, 5.41) is 29.1. The van der Waals surface area contributed by atoms with Crippen molar-refractivity contribution in [3.05, 3.63) is 53.0 Å². The van der Waals surface area contributed by atoms with E-state index in [9.17, 15) is 27.8 Å². The lowest BCUT2D eigenvalue weighted by molar-refractivity contribution is -0.139. The molecular formula is C25H31FN2O6S. The second-order valence-corrected chi connectivity index (χ2v) is 11.0. The zero-order valence-corrected chi connectivity index (χ0v) is 20.8. The molecule has 1 aliphatic heterocycles. The number of rotatable bonds is 9. The highest BCUT2D eigenvalue weighted by molar-refractivity contribution is 7.92. The fourth-order valence-electron chi connectivity index (χ4n) is 4.32. The fraction of sp³-hybridized carbons (Fsp3) is 0.440. The van der Waals surface area contributed by atoms with Gasteiger partial charge in [-0.25, -0.2) is 17.8 Å². The van der Waals surface area contributed by atoms with Crippen LogP contribution in [-0.4, -0.2) is 59.7 Å². The molecule has 0 saturated carbocycles. The van der Waals surface area contributed by atoms with E-state index in [0.717, 1.165) is 11.8 Å². The summed E-state index contributed by atoms with van der Waals surface area (Å²) >= 11 is 0. The lowest BCUT2D eigenvalue weighted by Gasteiger charge is -2.32. The summed E-state index contributed by atoms with van der Waals surface area (Å²) in [6, 6.07) is 5.91. The van der Waals surface area contributed by atoms with Crippen LogP contribution in [0.2, 0.25) is 0 Å². The normalized spacial score (nSPS) is 15.9. The number of aromatic nitrogens is 1. The third-order valence-corrected chi connectivity index (χ3v) is 7.01. The van der Waals surface area contributed by atoms with E-state index in [2.05, 4.69) is 0 Å². The average molecular weight is 507 g/mol. The van der Waals surface area contributed by atoms with Gasteiger partial charge in [0.15, 0.2) is 0 Å². The Morgan fingerprint density at radius 3 is 2.46 bits per heavy atom. The summed E-state index contributed by atoms with van der Waals surface area (Å²) in [7, 11) is -3.57. The third kappa shape index (κ3) is 6.45. The summed E-state index contributed by atoms with van der Waals surface area (Å²) in [6.45, 7) is 4.15. The van der Waals surface area contributed by atoms with Crippen LogP contribution in [0.4, 0.5) is 10.2 Å². The molecule has 10 heteroatoms. The number of carboxylic acids is 1. The first kappa shape index (κ1) is 26.8. The van der Waals surface area contributed by atoms with E-state index in [4.69, 9.17) is 10.1 Å². The molecule has 190 valence electrons. The number of hydrogen-bond donors (Lipinski definition) is 3. The Hall–Kier alpha value is -2.82. The number of nitrogens with zero attached hydrogens (tertiary/aromatic N) is 2. The minimum atomic E-state index is -3.57. The van der Waals surface area contributed by atoms with Crippen LogP contribution in [-0.2, 0) is 21.2 Å². The molecule has 35 heavy (non-hydrogen) atoms. The second-order valence-electron chi connectivity index (χ2n) is 9.10. The number of aliphatic hydroxyl groups excluding tert-OH is 2. The van der Waals surface area contributed by atoms with E-state index >= 15 is 0 Å². The Labute approximate surface area is 204 Å². The van der Waals surface area contributed by atoms with Gasteiger partial charge in [0, 0.05) is 24.1 Å². The summed E-state index contributed by atoms with van der Waals surface area (Å²) in [5.41, 5.74) is 3.38. The van der Waals surface area contributed by atoms with Gasteiger partial charge in [-0.15, -0.1) is 0 Å². The number of anilines is 1. The average Bonchev–Trinajstić information content (AvgIpc) is 2.75. The van der Waals surface area contributed by atoms with Crippen LogP contribution in [0.5, 0.6) is 0 Å². The van der Waals surface area contributed by atoms with Crippen LogP contribution >= 0.6 is 0 Å². The second kappa shape index (κ2) is 10.8. The third-order valence-electron chi connectivity index (χ3n) is 5.86. The topological polar surface area (TPSA) is 128 Å². The number of halogens is 1. The number of carbonyl (C=O) groups is 1. The molecule has 0 aliphatic carbocycles.